The summed E-state index contributed by atoms with van der Waals surface area (Å²) in [5.74, 6) is 0.0152. The molecular formula is C17H27NO2. The van der Waals surface area contributed by atoms with E-state index in [9.17, 15) is 9.90 Å². The summed E-state index contributed by atoms with van der Waals surface area (Å²) in [5.41, 5.74) is 1.10. The highest BCUT2D eigenvalue weighted by Crippen LogP contribution is 2.09. The maximum atomic E-state index is 11.7. The Morgan fingerprint density at radius 1 is 1.15 bits per heavy atom. The second-order valence-corrected chi connectivity index (χ2v) is 5.30. The van der Waals surface area contributed by atoms with Crippen molar-refractivity contribution >= 4 is 5.91 Å². The number of amides is 1. The van der Waals surface area contributed by atoms with Crippen LogP contribution < -0.4 is 5.32 Å². The summed E-state index contributed by atoms with van der Waals surface area (Å²) in [4.78, 5) is 11.7. The second kappa shape index (κ2) is 10.4. The summed E-state index contributed by atoms with van der Waals surface area (Å²) in [6.45, 7) is 2.74. The molecule has 0 bridgehead atoms. The number of hydrogen-bond acceptors (Lipinski definition) is 2. The molecule has 0 aliphatic carbocycles. The van der Waals surface area contributed by atoms with Crippen molar-refractivity contribution in [3.05, 3.63) is 35.9 Å². The Hall–Kier alpha value is -1.35. The third-order valence-electron chi connectivity index (χ3n) is 3.43. The minimum absolute atomic E-state index is 0.0152. The molecule has 1 atom stereocenters. The van der Waals surface area contributed by atoms with Crippen molar-refractivity contribution in [1.29, 1.82) is 0 Å². The molecule has 0 aliphatic rings. The summed E-state index contributed by atoms with van der Waals surface area (Å²) in [6.07, 6.45) is 6.10. The molecule has 0 fully saturated rings. The van der Waals surface area contributed by atoms with Crippen molar-refractivity contribution in [2.75, 3.05) is 0 Å². The molecule has 3 heteroatoms. The van der Waals surface area contributed by atoms with E-state index < -0.39 is 0 Å². The van der Waals surface area contributed by atoms with Crippen LogP contribution in [-0.2, 0) is 11.3 Å². The first-order chi connectivity index (χ1) is 9.72. The van der Waals surface area contributed by atoms with Gasteiger partial charge in [0.1, 0.15) is 0 Å². The molecule has 0 spiro atoms. The first-order valence-electron chi connectivity index (χ1n) is 7.71. The maximum Gasteiger partial charge on any atom is 0.220 e. The van der Waals surface area contributed by atoms with Gasteiger partial charge in [0, 0.05) is 13.0 Å². The predicted molar refractivity (Wildman–Crippen MR) is 82.3 cm³/mol. The van der Waals surface area contributed by atoms with Gasteiger partial charge < -0.3 is 10.4 Å². The average molecular weight is 277 g/mol. The van der Waals surface area contributed by atoms with E-state index in [0.29, 0.717) is 19.4 Å². The average Bonchev–Trinajstić information content (AvgIpc) is 2.48. The molecule has 3 nitrogen and oxygen atoms in total. The van der Waals surface area contributed by atoms with Crippen LogP contribution in [0.2, 0.25) is 0 Å². The van der Waals surface area contributed by atoms with Crippen molar-refractivity contribution in [3.63, 3.8) is 0 Å². The number of benzene rings is 1. The molecule has 2 N–H and O–H groups in total. The molecule has 1 aromatic rings. The van der Waals surface area contributed by atoms with E-state index >= 15 is 0 Å². The fourth-order valence-corrected chi connectivity index (χ4v) is 2.13. The Balaban J connectivity index is 2.07. The lowest BCUT2D eigenvalue weighted by Gasteiger charge is -2.10. The molecule has 0 aromatic heterocycles. The smallest absolute Gasteiger partial charge is 0.220 e. The van der Waals surface area contributed by atoms with Crippen molar-refractivity contribution < 1.29 is 9.90 Å². The van der Waals surface area contributed by atoms with Gasteiger partial charge in [-0.15, -0.1) is 0 Å². The van der Waals surface area contributed by atoms with Gasteiger partial charge in [-0.1, -0.05) is 62.9 Å². The number of hydrogen-bond donors (Lipinski definition) is 2. The minimum atomic E-state index is -0.339. The minimum Gasteiger partial charge on any atom is -0.393 e. The molecule has 0 saturated carbocycles. The number of aliphatic hydroxyl groups is 1. The Labute approximate surface area is 122 Å². The topological polar surface area (TPSA) is 49.3 Å². The van der Waals surface area contributed by atoms with E-state index in [4.69, 9.17) is 0 Å². The van der Waals surface area contributed by atoms with Crippen molar-refractivity contribution in [1.82, 2.24) is 5.32 Å². The van der Waals surface area contributed by atoms with E-state index in [-0.39, 0.29) is 12.0 Å². The summed E-state index contributed by atoms with van der Waals surface area (Å²) >= 11 is 0. The number of carbonyl (C=O) groups is 1. The van der Waals surface area contributed by atoms with Gasteiger partial charge in [0.05, 0.1) is 6.10 Å². The van der Waals surface area contributed by atoms with Crippen molar-refractivity contribution in [3.8, 4) is 0 Å². The number of rotatable bonds is 10. The van der Waals surface area contributed by atoms with Crippen LogP contribution in [0.15, 0.2) is 30.3 Å². The van der Waals surface area contributed by atoms with Crippen LogP contribution in [-0.4, -0.2) is 17.1 Å². The van der Waals surface area contributed by atoms with Gasteiger partial charge in [-0.2, -0.15) is 0 Å². The zero-order chi connectivity index (χ0) is 14.6. The molecule has 1 aromatic carbocycles. The van der Waals surface area contributed by atoms with E-state index in [1.165, 1.54) is 19.3 Å². The Morgan fingerprint density at radius 3 is 2.60 bits per heavy atom. The predicted octanol–water partition coefficient (Wildman–Crippen LogP) is 3.41. The van der Waals surface area contributed by atoms with Crippen LogP contribution in [0.5, 0.6) is 0 Å². The molecule has 0 heterocycles. The van der Waals surface area contributed by atoms with Crippen molar-refractivity contribution in [2.24, 2.45) is 0 Å². The third-order valence-corrected chi connectivity index (χ3v) is 3.43. The van der Waals surface area contributed by atoms with Crippen LogP contribution in [0.1, 0.15) is 57.4 Å². The van der Waals surface area contributed by atoms with Gasteiger partial charge in [0.2, 0.25) is 5.91 Å². The lowest BCUT2D eigenvalue weighted by atomic mass is 10.1. The van der Waals surface area contributed by atoms with E-state index in [1.54, 1.807) is 0 Å². The molecule has 0 saturated heterocycles. The molecule has 0 aliphatic heterocycles. The molecule has 1 rings (SSSR count). The summed E-state index contributed by atoms with van der Waals surface area (Å²) < 4.78 is 0. The summed E-state index contributed by atoms with van der Waals surface area (Å²) in [7, 11) is 0. The number of unbranched alkanes of at least 4 members (excludes halogenated alkanes) is 3. The number of aliphatic hydroxyl groups excluding tert-OH is 1. The van der Waals surface area contributed by atoms with Gasteiger partial charge in [-0.3, -0.25) is 4.79 Å². The maximum absolute atomic E-state index is 11.7. The van der Waals surface area contributed by atoms with Crippen LogP contribution in [0.3, 0.4) is 0 Å². The first kappa shape index (κ1) is 16.7. The lowest BCUT2D eigenvalue weighted by molar-refractivity contribution is -0.121. The van der Waals surface area contributed by atoms with Crippen LogP contribution in [0.25, 0.3) is 0 Å². The molecule has 20 heavy (non-hydrogen) atoms. The Morgan fingerprint density at radius 2 is 1.90 bits per heavy atom. The highest BCUT2D eigenvalue weighted by Gasteiger charge is 2.07. The SMILES string of the molecule is CCCCCCC(O)CCC(=O)NCc1ccccc1. The lowest BCUT2D eigenvalue weighted by Crippen LogP contribution is -2.24. The largest absolute Gasteiger partial charge is 0.393 e. The number of nitrogens with one attached hydrogen (secondary N) is 1. The molecular weight excluding hydrogens is 250 g/mol. The van der Waals surface area contributed by atoms with Crippen LogP contribution >= 0.6 is 0 Å². The standard InChI is InChI=1S/C17H27NO2/c1-2-3-4-8-11-16(19)12-13-17(20)18-14-15-9-6-5-7-10-15/h5-7,9-10,16,19H,2-4,8,11-14H2,1H3,(H,18,20). The fourth-order valence-electron chi connectivity index (χ4n) is 2.13. The molecule has 112 valence electrons. The third kappa shape index (κ3) is 7.95. The summed E-state index contributed by atoms with van der Waals surface area (Å²) in [5, 5.41) is 12.7. The normalized spacial score (nSPS) is 12.1. The highest BCUT2D eigenvalue weighted by atomic mass is 16.3. The zero-order valence-corrected chi connectivity index (χ0v) is 12.5. The van der Waals surface area contributed by atoms with Gasteiger partial charge >= 0.3 is 0 Å². The van der Waals surface area contributed by atoms with Gasteiger partial charge in [0.15, 0.2) is 0 Å². The first-order valence-corrected chi connectivity index (χ1v) is 7.71. The van der Waals surface area contributed by atoms with Crippen LogP contribution in [0.4, 0.5) is 0 Å². The van der Waals surface area contributed by atoms with E-state index in [1.807, 2.05) is 30.3 Å². The van der Waals surface area contributed by atoms with E-state index in [2.05, 4.69) is 12.2 Å². The zero-order valence-electron chi connectivity index (χ0n) is 12.5. The van der Waals surface area contributed by atoms with Gasteiger partial charge in [0.25, 0.3) is 0 Å². The van der Waals surface area contributed by atoms with Crippen molar-refractivity contribution in [2.45, 2.75) is 64.5 Å². The Bertz CT molecular complexity index is 365. The van der Waals surface area contributed by atoms with Gasteiger partial charge in [-0.05, 0) is 18.4 Å². The van der Waals surface area contributed by atoms with Crippen LogP contribution in [0, 0.1) is 0 Å². The quantitative estimate of drug-likeness (QED) is 0.644. The fraction of sp³-hybridized carbons (Fsp3) is 0.588. The van der Waals surface area contributed by atoms with Gasteiger partial charge in [-0.25, -0.2) is 0 Å². The second-order valence-electron chi connectivity index (χ2n) is 5.30. The molecule has 1 amide bonds. The Kier molecular flexibility index (Phi) is 8.72. The monoisotopic (exact) mass is 277 g/mol. The molecule has 1 unspecified atom stereocenters. The summed E-state index contributed by atoms with van der Waals surface area (Å²) in [6, 6.07) is 9.86. The highest BCUT2D eigenvalue weighted by molar-refractivity contribution is 5.75. The van der Waals surface area contributed by atoms with E-state index in [0.717, 1.165) is 18.4 Å². The number of carbonyl (C=O) groups excluding carboxylic acids is 1. The molecule has 0 radical (unpaired) electrons.